The van der Waals surface area contributed by atoms with Crippen LogP contribution in [0, 0.1) is 0 Å². The van der Waals surface area contributed by atoms with Gasteiger partial charge in [0.2, 0.25) is 11.9 Å². The maximum atomic E-state index is 12.9. The number of carbonyl (C=O) groups is 1. The zero-order valence-corrected chi connectivity index (χ0v) is 17.4. The van der Waals surface area contributed by atoms with Crippen LogP contribution in [0.15, 0.2) is 29.9 Å². The Bertz CT molecular complexity index is 842. The minimum atomic E-state index is -0.161. The van der Waals surface area contributed by atoms with Crippen molar-refractivity contribution in [3.05, 3.63) is 40.3 Å². The Labute approximate surface area is 175 Å². The lowest BCUT2D eigenvalue weighted by atomic mass is 9.82. The number of rotatable bonds is 3. The lowest BCUT2D eigenvalue weighted by Gasteiger charge is -2.44. The fourth-order valence-electron chi connectivity index (χ4n) is 4.74. The fourth-order valence-corrected chi connectivity index (χ4v) is 5.69. The molecular formula is C21H27N5O2S. The Hall–Kier alpha value is -2.03. The molecule has 154 valence electrons. The summed E-state index contributed by atoms with van der Waals surface area (Å²) < 4.78 is 6.26. The molecule has 3 aliphatic heterocycles. The van der Waals surface area contributed by atoms with Crippen LogP contribution in [0.1, 0.15) is 23.3 Å². The highest BCUT2D eigenvalue weighted by molar-refractivity contribution is 7.10. The van der Waals surface area contributed by atoms with Crippen molar-refractivity contribution in [2.24, 2.45) is 0 Å². The van der Waals surface area contributed by atoms with E-state index in [1.54, 1.807) is 12.4 Å². The molecule has 0 bridgehead atoms. The third kappa shape index (κ3) is 3.76. The Kier molecular flexibility index (Phi) is 5.24. The summed E-state index contributed by atoms with van der Waals surface area (Å²) in [5, 5.41) is 2.18. The first kappa shape index (κ1) is 19.0. The number of piperidine rings is 1. The molecule has 0 unspecified atom stereocenters. The smallest absolute Gasteiger partial charge is 0.236 e. The lowest BCUT2D eigenvalue weighted by molar-refractivity contribution is -0.141. The summed E-state index contributed by atoms with van der Waals surface area (Å²) in [5.74, 6) is 1.02. The third-order valence-corrected chi connectivity index (χ3v) is 7.41. The van der Waals surface area contributed by atoms with Crippen molar-refractivity contribution in [1.82, 2.24) is 19.8 Å². The average Bonchev–Trinajstić information content (AvgIpc) is 3.26. The van der Waals surface area contributed by atoms with Crippen molar-refractivity contribution >= 4 is 23.2 Å². The number of fused-ring (bicyclic) bond motifs is 2. The van der Waals surface area contributed by atoms with Crippen molar-refractivity contribution in [2.75, 3.05) is 57.3 Å². The molecule has 0 aliphatic carbocycles. The predicted molar refractivity (Wildman–Crippen MR) is 112 cm³/mol. The number of nitrogens with zero attached hydrogens (tertiary/aromatic N) is 5. The van der Waals surface area contributed by atoms with Gasteiger partial charge < -0.3 is 14.5 Å². The number of aromatic nitrogens is 2. The van der Waals surface area contributed by atoms with Crippen LogP contribution in [0.5, 0.6) is 0 Å². The monoisotopic (exact) mass is 413 g/mol. The number of likely N-dealkylation sites (tertiary alicyclic amines) is 1. The number of amides is 1. The van der Waals surface area contributed by atoms with Crippen LogP contribution in [0.3, 0.4) is 0 Å². The fraction of sp³-hybridized carbons (Fsp3) is 0.571. The van der Waals surface area contributed by atoms with Gasteiger partial charge in [0.1, 0.15) is 0 Å². The van der Waals surface area contributed by atoms with Crippen LogP contribution in [0.4, 0.5) is 5.95 Å². The number of piperazine rings is 1. The van der Waals surface area contributed by atoms with Gasteiger partial charge in [-0.15, -0.1) is 11.3 Å². The summed E-state index contributed by atoms with van der Waals surface area (Å²) in [6, 6.07) is 4.06. The second-order valence-electron chi connectivity index (χ2n) is 8.04. The zero-order valence-electron chi connectivity index (χ0n) is 16.6. The molecule has 5 rings (SSSR count). The van der Waals surface area contributed by atoms with E-state index in [4.69, 9.17) is 4.74 Å². The summed E-state index contributed by atoms with van der Waals surface area (Å²) in [4.78, 5) is 29.5. The highest BCUT2D eigenvalue weighted by Gasteiger charge is 2.42. The summed E-state index contributed by atoms with van der Waals surface area (Å²) in [7, 11) is 0. The Morgan fingerprint density at radius 1 is 1.10 bits per heavy atom. The summed E-state index contributed by atoms with van der Waals surface area (Å²) in [6.45, 7) is 6.31. The minimum Gasteiger partial charge on any atom is -0.370 e. The van der Waals surface area contributed by atoms with E-state index in [0.717, 1.165) is 71.1 Å². The lowest BCUT2D eigenvalue weighted by Crippen LogP contribution is -2.53. The standard InChI is InChI=1S/C21H27N5O2S/c27-19(16-24-10-12-26(13-11-24)20-22-6-1-7-23-20)25-8-4-21(5-9-25)17-3-15-29-18(17)2-14-28-21/h1,3,6-7,15H,2,4-5,8-14,16H2. The molecule has 2 aromatic heterocycles. The summed E-state index contributed by atoms with van der Waals surface area (Å²) in [5.41, 5.74) is 1.21. The van der Waals surface area contributed by atoms with E-state index >= 15 is 0 Å². The molecule has 0 radical (unpaired) electrons. The Morgan fingerprint density at radius 3 is 2.62 bits per heavy atom. The zero-order chi connectivity index (χ0) is 19.7. The normalized spacial score (nSPS) is 21.9. The second kappa shape index (κ2) is 8.01. The minimum absolute atomic E-state index is 0.161. The first-order chi connectivity index (χ1) is 14.2. The number of carbonyl (C=O) groups excluding carboxylic acids is 1. The van der Waals surface area contributed by atoms with Crippen molar-refractivity contribution in [2.45, 2.75) is 24.9 Å². The number of hydrogen-bond acceptors (Lipinski definition) is 7. The van der Waals surface area contributed by atoms with E-state index in [2.05, 4.69) is 31.2 Å². The van der Waals surface area contributed by atoms with Gasteiger partial charge in [-0.05, 0) is 35.9 Å². The van der Waals surface area contributed by atoms with Gasteiger partial charge >= 0.3 is 0 Å². The SMILES string of the molecule is O=C(CN1CCN(c2ncccn2)CC1)N1CCC2(CC1)OCCc1sccc12. The van der Waals surface area contributed by atoms with Crippen LogP contribution >= 0.6 is 11.3 Å². The first-order valence-corrected chi connectivity index (χ1v) is 11.3. The molecule has 2 saturated heterocycles. The van der Waals surface area contributed by atoms with Gasteiger partial charge in [0.05, 0.1) is 18.8 Å². The van der Waals surface area contributed by atoms with Crippen LogP contribution in [0.25, 0.3) is 0 Å². The predicted octanol–water partition coefficient (Wildman–Crippen LogP) is 1.75. The van der Waals surface area contributed by atoms with Crippen LogP contribution in [0.2, 0.25) is 0 Å². The van der Waals surface area contributed by atoms with Crippen LogP contribution in [-0.2, 0) is 21.6 Å². The molecule has 1 spiro atoms. The topological polar surface area (TPSA) is 61.8 Å². The molecule has 1 amide bonds. The van der Waals surface area contributed by atoms with Gasteiger partial charge in [0.25, 0.3) is 0 Å². The van der Waals surface area contributed by atoms with Crippen molar-refractivity contribution < 1.29 is 9.53 Å². The van der Waals surface area contributed by atoms with Gasteiger partial charge in [-0.3, -0.25) is 9.69 Å². The second-order valence-corrected chi connectivity index (χ2v) is 9.04. The molecule has 0 aromatic carbocycles. The molecule has 0 atom stereocenters. The quantitative estimate of drug-likeness (QED) is 0.764. The maximum Gasteiger partial charge on any atom is 0.236 e. The molecule has 0 saturated carbocycles. The Morgan fingerprint density at radius 2 is 1.86 bits per heavy atom. The van der Waals surface area contributed by atoms with Gasteiger partial charge in [-0.1, -0.05) is 0 Å². The molecule has 29 heavy (non-hydrogen) atoms. The molecule has 2 aromatic rings. The Balaban J connectivity index is 1.13. The first-order valence-electron chi connectivity index (χ1n) is 10.5. The number of ether oxygens (including phenoxy) is 1. The number of thiophene rings is 1. The number of hydrogen-bond donors (Lipinski definition) is 0. The average molecular weight is 414 g/mol. The maximum absolute atomic E-state index is 12.9. The van der Waals surface area contributed by atoms with E-state index in [0.29, 0.717) is 6.54 Å². The van der Waals surface area contributed by atoms with Gasteiger partial charge in [-0.2, -0.15) is 0 Å². The largest absolute Gasteiger partial charge is 0.370 e. The molecule has 2 fully saturated rings. The molecular weight excluding hydrogens is 386 g/mol. The number of anilines is 1. The van der Waals surface area contributed by atoms with Crippen LogP contribution < -0.4 is 4.90 Å². The van der Waals surface area contributed by atoms with Gasteiger partial charge in [0, 0.05) is 63.0 Å². The van der Waals surface area contributed by atoms with Crippen molar-refractivity contribution in [3.63, 3.8) is 0 Å². The molecule has 3 aliphatic rings. The van der Waals surface area contributed by atoms with E-state index in [1.165, 1.54) is 10.4 Å². The van der Waals surface area contributed by atoms with Gasteiger partial charge in [0.15, 0.2) is 0 Å². The van der Waals surface area contributed by atoms with Crippen LogP contribution in [-0.4, -0.2) is 78.1 Å². The summed E-state index contributed by atoms with van der Waals surface area (Å²) >= 11 is 1.84. The highest BCUT2D eigenvalue weighted by atomic mass is 32.1. The van der Waals surface area contributed by atoms with E-state index in [-0.39, 0.29) is 11.5 Å². The van der Waals surface area contributed by atoms with E-state index in [1.807, 2.05) is 22.3 Å². The van der Waals surface area contributed by atoms with E-state index in [9.17, 15) is 4.79 Å². The molecule has 0 N–H and O–H groups in total. The summed E-state index contributed by atoms with van der Waals surface area (Å²) in [6.07, 6.45) is 6.38. The third-order valence-electron chi connectivity index (χ3n) is 6.43. The van der Waals surface area contributed by atoms with Gasteiger partial charge in [-0.25, -0.2) is 9.97 Å². The molecule has 7 nitrogen and oxygen atoms in total. The van der Waals surface area contributed by atoms with Crippen molar-refractivity contribution in [3.8, 4) is 0 Å². The highest BCUT2D eigenvalue weighted by Crippen LogP contribution is 2.43. The molecule has 8 heteroatoms. The molecule has 5 heterocycles. The van der Waals surface area contributed by atoms with Crippen molar-refractivity contribution in [1.29, 1.82) is 0 Å². The van der Waals surface area contributed by atoms with E-state index < -0.39 is 0 Å².